The highest BCUT2D eigenvalue weighted by atomic mass is 35.5. The average molecular weight is 373 g/mol. The van der Waals surface area contributed by atoms with Crippen molar-refractivity contribution in [1.29, 1.82) is 0 Å². The van der Waals surface area contributed by atoms with Gasteiger partial charge in [0.15, 0.2) is 5.72 Å². The summed E-state index contributed by atoms with van der Waals surface area (Å²) in [5, 5.41) is 2.71. The van der Waals surface area contributed by atoms with E-state index in [1.54, 1.807) is 43.3 Å². The predicted octanol–water partition coefficient (Wildman–Crippen LogP) is 4.15. The normalized spacial score (nSPS) is 20.6. The quantitative estimate of drug-likeness (QED) is 0.804. The fourth-order valence-electron chi connectivity index (χ4n) is 2.72. The number of rotatable bonds is 4. The minimum atomic E-state index is -0.938. The smallest absolute Gasteiger partial charge is 0.356 e. The minimum absolute atomic E-state index is 0.287. The standard InChI is InChI=1S/C17H22Cl2N2O3/c1-6-24-15(22)13-10-17(23-5,16(2,3)4)21(20-13)14-8-7-11(18)9-12(14)19/h7-10,20H,6H2,1-5H3. The van der Waals surface area contributed by atoms with E-state index in [4.69, 9.17) is 32.7 Å². The molecule has 24 heavy (non-hydrogen) atoms. The molecule has 0 amide bonds. The van der Waals surface area contributed by atoms with Crippen molar-refractivity contribution in [3.8, 4) is 0 Å². The summed E-state index contributed by atoms with van der Waals surface area (Å²) in [6, 6.07) is 5.15. The van der Waals surface area contributed by atoms with Crippen molar-refractivity contribution in [2.75, 3.05) is 18.7 Å². The van der Waals surface area contributed by atoms with E-state index >= 15 is 0 Å². The summed E-state index contributed by atoms with van der Waals surface area (Å²) in [5.74, 6) is -0.448. The lowest BCUT2D eigenvalue weighted by Crippen LogP contribution is -2.58. The maximum absolute atomic E-state index is 12.2. The molecular weight excluding hydrogens is 351 g/mol. The number of nitrogens with zero attached hydrogens (tertiary/aromatic N) is 1. The molecule has 0 saturated carbocycles. The van der Waals surface area contributed by atoms with Crippen LogP contribution in [0.1, 0.15) is 27.7 Å². The van der Waals surface area contributed by atoms with Crippen LogP contribution in [-0.4, -0.2) is 25.4 Å². The van der Waals surface area contributed by atoms with Gasteiger partial charge in [0.1, 0.15) is 5.70 Å². The van der Waals surface area contributed by atoms with E-state index in [0.717, 1.165) is 0 Å². The molecule has 0 aromatic heterocycles. The van der Waals surface area contributed by atoms with Crippen molar-refractivity contribution in [3.05, 3.63) is 40.0 Å². The van der Waals surface area contributed by atoms with Crippen LogP contribution in [0.25, 0.3) is 0 Å². The molecule has 0 aliphatic carbocycles. The van der Waals surface area contributed by atoms with Crippen molar-refractivity contribution in [3.63, 3.8) is 0 Å². The van der Waals surface area contributed by atoms with E-state index in [9.17, 15) is 4.79 Å². The van der Waals surface area contributed by atoms with Gasteiger partial charge in [0.25, 0.3) is 0 Å². The van der Waals surface area contributed by atoms with E-state index in [0.29, 0.717) is 21.4 Å². The van der Waals surface area contributed by atoms with Crippen molar-refractivity contribution in [1.82, 2.24) is 5.43 Å². The Balaban J connectivity index is 2.56. The highest BCUT2D eigenvalue weighted by Gasteiger charge is 2.52. The molecule has 1 aliphatic rings. The molecule has 1 aromatic carbocycles. The molecule has 1 heterocycles. The minimum Gasteiger partial charge on any atom is -0.461 e. The van der Waals surface area contributed by atoms with Crippen LogP contribution in [0, 0.1) is 5.41 Å². The van der Waals surface area contributed by atoms with E-state index in [1.165, 1.54) is 0 Å². The number of carbonyl (C=O) groups excluding carboxylic acids is 1. The molecule has 0 radical (unpaired) electrons. The van der Waals surface area contributed by atoms with Crippen molar-refractivity contribution < 1.29 is 14.3 Å². The Bertz CT molecular complexity index is 670. The first-order valence-electron chi connectivity index (χ1n) is 7.63. The van der Waals surface area contributed by atoms with Gasteiger partial charge in [-0.2, -0.15) is 0 Å². The third kappa shape index (κ3) is 3.21. The van der Waals surface area contributed by atoms with Gasteiger partial charge in [0.05, 0.1) is 17.3 Å². The zero-order valence-corrected chi connectivity index (χ0v) is 16.0. The van der Waals surface area contributed by atoms with Crippen molar-refractivity contribution >= 4 is 34.9 Å². The molecule has 1 atom stereocenters. The number of carbonyl (C=O) groups is 1. The van der Waals surface area contributed by atoms with E-state index in [-0.39, 0.29) is 12.0 Å². The van der Waals surface area contributed by atoms with E-state index in [2.05, 4.69) is 5.43 Å². The molecule has 0 bridgehead atoms. The number of methoxy groups -OCH3 is 1. The number of esters is 1. The molecule has 0 spiro atoms. The summed E-state index contributed by atoms with van der Waals surface area (Å²) < 4.78 is 11.0. The molecule has 7 heteroatoms. The number of benzene rings is 1. The van der Waals surface area contributed by atoms with Gasteiger partial charge in [-0.1, -0.05) is 44.0 Å². The Labute approximate surface area is 152 Å². The second-order valence-electron chi connectivity index (χ2n) is 6.47. The lowest BCUT2D eigenvalue weighted by molar-refractivity contribution is -0.138. The van der Waals surface area contributed by atoms with E-state index < -0.39 is 11.7 Å². The van der Waals surface area contributed by atoms with Gasteiger partial charge >= 0.3 is 5.97 Å². The molecule has 2 rings (SSSR count). The third-order valence-electron chi connectivity index (χ3n) is 3.94. The molecule has 1 aliphatic heterocycles. The zero-order valence-electron chi connectivity index (χ0n) is 14.4. The lowest BCUT2D eigenvalue weighted by Gasteiger charge is -2.46. The first-order chi connectivity index (χ1) is 11.2. The highest BCUT2D eigenvalue weighted by Crippen LogP contribution is 2.45. The Morgan fingerprint density at radius 3 is 2.50 bits per heavy atom. The Morgan fingerprint density at radius 2 is 2.00 bits per heavy atom. The second kappa shape index (κ2) is 6.82. The molecule has 1 aromatic rings. The van der Waals surface area contributed by atoms with Crippen LogP contribution in [0.2, 0.25) is 10.0 Å². The van der Waals surface area contributed by atoms with Crippen molar-refractivity contribution in [2.45, 2.75) is 33.4 Å². The monoisotopic (exact) mass is 372 g/mol. The largest absolute Gasteiger partial charge is 0.461 e. The maximum Gasteiger partial charge on any atom is 0.356 e. The van der Waals surface area contributed by atoms with Gasteiger partial charge in [0.2, 0.25) is 0 Å². The Morgan fingerprint density at radius 1 is 1.33 bits per heavy atom. The van der Waals surface area contributed by atoms with Gasteiger partial charge < -0.3 is 9.47 Å². The highest BCUT2D eigenvalue weighted by molar-refractivity contribution is 6.36. The van der Waals surface area contributed by atoms with Gasteiger partial charge in [-0.25, -0.2) is 4.79 Å². The number of hydrogen-bond acceptors (Lipinski definition) is 5. The number of anilines is 1. The fourth-order valence-corrected chi connectivity index (χ4v) is 3.21. The Hall–Kier alpha value is -1.43. The topological polar surface area (TPSA) is 50.8 Å². The first-order valence-corrected chi connectivity index (χ1v) is 8.39. The van der Waals surface area contributed by atoms with E-state index in [1.807, 2.05) is 20.8 Å². The molecule has 1 unspecified atom stereocenters. The average Bonchev–Trinajstić information content (AvgIpc) is 2.88. The van der Waals surface area contributed by atoms with Gasteiger partial charge in [-0.15, -0.1) is 0 Å². The van der Waals surface area contributed by atoms with Crippen LogP contribution >= 0.6 is 23.2 Å². The third-order valence-corrected chi connectivity index (χ3v) is 4.47. The zero-order chi connectivity index (χ0) is 18.1. The molecule has 1 N–H and O–H groups in total. The summed E-state index contributed by atoms with van der Waals surface area (Å²) in [4.78, 5) is 12.2. The van der Waals surface area contributed by atoms with Crippen molar-refractivity contribution in [2.24, 2.45) is 5.41 Å². The summed E-state index contributed by atoms with van der Waals surface area (Å²) >= 11 is 12.4. The molecule has 0 saturated heterocycles. The van der Waals surface area contributed by atoms with Crippen LogP contribution in [0.3, 0.4) is 0 Å². The van der Waals surface area contributed by atoms with Gasteiger partial charge in [-0.05, 0) is 25.1 Å². The SMILES string of the molecule is CCOC(=O)C1=CC(OC)(C(C)(C)C)N(c2ccc(Cl)cc2Cl)N1. The summed E-state index contributed by atoms with van der Waals surface area (Å²) in [6.45, 7) is 8.09. The molecule has 0 fully saturated rings. The number of halogens is 2. The molecular formula is C17H22Cl2N2O3. The number of hydrogen-bond donors (Lipinski definition) is 1. The second-order valence-corrected chi connectivity index (χ2v) is 7.32. The molecule has 5 nitrogen and oxygen atoms in total. The van der Waals surface area contributed by atoms with Crippen LogP contribution in [0.5, 0.6) is 0 Å². The lowest BCUT2D eigenvalue weighted by atomic mass is 9.82. The van der Waals surface area contributed by atoms with Gasteiger partial charge in [-0.3, -0.25) is 10.4 Å². The van der Waals surface area contributed by atoms with Crippen LogP contribution in [0.4, 0.5) is 5.69 Å². The first kappa shape index (κ1) is 18.9. The summed E-state index contributed by atoms with van der Waals surface area (Å²) in [6.07, 6.45) is 1.73. The summed E-state index contributed by atoms with van der Waals surface area (Å²) in [7, 11) is 1.59. The number of nitrogens with one attached hydrogen (secondary N) is 1. The maximum atomic E-state index is 12.2. The fraction of sp³-hybridized carbons (Fsp3) is 0.471. The van der Waals surface area contributed by atoms with Crippen LogP contribution in [-0.2, 0) is 14.3 Å². The van der Waals surface area contributed by atoms with Gasteiger partial charge in [0, 0.05) is 23.6 Å². The number of ether oxygens (including phenoxy) is 2. The Kier molecular flexibility index (Phi) is 5.37. The summed E-state index contributed by atoms with van der Waals surface area (Å²) in [5.41, 5.74) is 2.70. The number of hydrazine groups is 1. The predicted molar refractivity (Wildman–Crippen MR) is 96.0 cm³/mol. The molecule has 132 valence electrons. The van der Waals surface area contributed by atoms with Crippen LogP contribution in [0.15, 0.2) is 30.0 Å². The van der Waals surface area contributed by atoms with Crippen LogP contribution < -0.4 is 10.4 Å².